The number of rotatable bonds is 5. The molecule has 0 saturated carbocycles. The number of carbonyl (C=O) groups is 2. The van der Waals surface area contributed by atoms with Crippen molar-refractivity contribution < 1.29 is 14.3 Å². The lowest BCUT2D eigenvalue weighted by atomic mass is 9.87. The van der Waals surface area contributed by atoms with E-state index in [0.29, 0.717) is 10.6 Å². The summed E-state index contributed by atoms with van der Waals surface area (Å²) in [7, 11) is 0. The van der Waals surface area contributed by atoms with E-state index in [1.807, 2.05) is 26.0 Å². The monoisotopic (exact) mass is 439 g/mol. The van der Waals surface area contributed by atoms with Crippen molar-refractivity contribution in [2.75, 3.05) is 5.32 Å². The third kappa shape index (κ3) is 6.07. The Morgan fingerprint density at radius 2 is 1.74 bits per heavy atom. The third-order valence-corrected chi connectivity index (χ3v) is 6.62. The van der Waals surface area contributed by atoms with Crippen LogP contribution in [-0.4, -0.2) is 18.0 Å². The Morgan fingerprint density at radius 3 is 2.39 bits per heavy atom. The molecule has 0 bridgehead atoms. The molecular weight excluding hydrogens is 406 g/mol. The van der Waals surface area contributed by atoms with E-state index in [9.17, 15) is 9.59 Å². The highest BCUT2D eigenvalue weighted by Crippen LogP contribution is 2.38. The van der Waals surface area contributed by atoms with Crippen LogP contribution in [0.3, 0.4) is 0 Å². The average Bonchev–Trinajstić information content (AvgIpc) is 2.86. The summed E-state index contributed by atoms with van der Waals surface area (Å²) < 4.78 is 5.49. The number of thiophene rings is 1. The third-order valence-electron chi connectivity index (χ3n) is 5.41. The van der Waals surface area contributed by atoms with Gasteiger partial charge in [0.15, 0.2) is 0 Å². The molecule has 1 heterocycles. The maximum Gasteiger partial charge on any atom is 0.341 e. The van der Waals surface area contributed by atoms with Crippen LogP contribution < -0.4 is 5.32 Å². The van der Waals surface area contributed by atoms with E-state index in [2.05, 4.69) is 38.2 Å². The fourth-order valence-electron chi connectivity index (χ4n) is 3.74. The van der Waals surface area contributed by atoms with Crippen LogP contribution in [0, 0.1) is 0 Å². The molecule has 0 saturated heterocycles. The highest BCUT2D eigenvalue weighted by Gasteiger charge is 2.27. The second-order valence-electron chi connectivity index (χ2n) is 9.42. The molecule has 2 aromatic rings. The van der Waals surface area contributed by atoms with E-state index in [1.54, 1.807) is 6.08 Å². The number of aryl methyl sites for hydroxylation is 1. The summed E-state index contributed by atoms with van der Waals surface area (Å²) in [5.74, 6) is -0.582. The van der Waals surface area contributed by atoms with Gasteiger partial charge < -0.3 is 10.1 Å². The molecule has 1 aromatic carbocycles. The van der Waals surface area contributed by atoms with Gasteiger partial charge in [0.25, 0.3) is 0 Å². The van der Waals surface area contributed by atoms with Gasteiger partial charge in [-0.25, -0.2) is 4.79 Å². The minimum Gasteiger partial charge on any atom is -0.459 e. The van der Waals surface area contributed by atoms with E-state index in [-0.39, 0.29) is 23.4 Å². The van der Waals surface area contributed by atoms with E-state index in [1.165, 1.54) is 34.3 Å². The molecular formula is C26H33NO3S. The molecule has 3 rings (SSSR count). The quantitative estimate of drug-likeness (QED) is 0.327. The number of fused-ring (bicyclic) bond motifs is 1. The van der Waals surface area contributed by atoms with E-state index in [0.717, 1.165) is 36.8 Å². The molecule has 1 aliphatic rings. The standard InChI is InChI=1S/C26H33NO3S/c1-17(2)30-25(29)23-20-9-7-6-8-10-21(20)31-24(23)27-22(28)16-13-18-11-14-19(15-12-18)26(3,4)5/h11-17H,6-10H2,1-5H3,(H,27,28). The maximum absolute atomic E-state index is 12.8. The molecule has 0 atom stereocenters. The van der Waals surface area contributed by atoms with Crippen LogP contribution in [0.4, 0.5) is 5.00 Å². The van der Waals surface area contributed by atoms with Gasteiger partial charge in [0.1, 0.15) is 5.00 Å². The maximum atomic E-state index is 12.8. The van der Waals surface area contributed by atoms with Crippen molar-refractivity contribution >= 4 is 34.3 Å². The highest BCUT2D eigenvalue weighted by atomic mass is 32.1. The zero-order valence-corrected chi connectivity index (χ0v) is 20.0. The number of anilines is 1. The highest BCUT2D eigenvalue weighted by molar-refractivity contribution is 7.17. The first-order chi connectivity index (χ1) is 14.6. The SMILES string of the molecule is CC(C)OC(=O)c1c(NC(=O)C=Cc2ccc(C(C)(C)C)cc2)sc2c1CCCCC2. The van der Waals surface area contributed by atoms with Crippen LogP contribution >= 0.6 is 11.3 Å². The Balaban J connectivity index is 1.79. The summed E-state index contributed by atoms with van der Waals surface area (Å²) >= 11 is 1.52. The summed E-state index contributed by atoms with van der Waals surface area (Å²) in [6, 6.07) is 8.22. The fraction of sp³-hybridized carbons (Fsp3) is 0.462. The average molecular weight is 440 g/mol. The van der Waals surface area contributed by atoms with E-state index in [4.69, 9.17) is 4.74 Å². The molecule has 1 N–H and O–H groups in total. The summed E-state index contributed by atoms with van der Waals surface area (Å²) in [5, 5.41) is 3.55. The van der Waals surface area contributed by atoms with Crippen molar-refractivity contribution in [3.63, 3.8) is 0 Å². The predicted molar refractivity (Wildman–Crippen MR) is 129 cm³/mol. The first-order valence-electron chi connectivity index (χ1n) is 11.1. The largest absolute Gasteiger partial charge is 0.459 e. The second kappa shape index (κ2) is 9.82. The molecule has 0 fully saturated rings. The number of esters is 1. The van der Waals surface area contributed by atoms with Gasteiger partial charge in [-0.05, 0) is 67.7 Å². The Bertz CT molecular complexity index is 962. The van der Waals surface area contributed by atoms with Crippen molar-refractivity contribution in [2.24, 2.45) is 0 Å². The molecule has 31 heavy (non-hydrogen) atoms. The molecule has 0 unspecified atom stereocenters. The lowest BCUT2D eigenvalue weighted by Crippen LogP contribution is -2.16. The zero-order chi connectivity index (χ0) is 22.6. The lowest BCUT2D eigenvalue weighted by molar-refractivity contribution is -0.111. The molecule has 0 radical (unpaired) electrons. The molecule has 1 aliphatic carbocycles. The second-order valence-corrected chi connectivity index (χ2v) is 10.5. The minimum absolute atomic E-state index is 0.0950. The van der Waals surface area contributed by atoms with Gasteiger partial charge in [0, 0.05) is 11.0 Å². The van der Waals surface area contributed by atoms with Gasteiger partial charge >= 0.3 is 5.97 Å². The van der Waals surface area contributed by atoms with Crippen LogP contribution in [-0.2, 0) is 27.8 Å². The van der Waals surface area contributed by atoms with Crippen molar-refractivity contribution in [1.82, 2.24) is 0 Å². The summed E-state index contributed by atoms with van der Waals surface area (Å²) in [4.78, 5) is 26.7. The molecule has 4 nitrogen and oxygen atoms in total. The van der Waals surface area contributed by atoms with E-state index < -0.39 is 0 Å². The van der Waals surface area contributed by atoms with Crippen molar-refractivity contribution in [2.45, 2.75) is 78.2 Å². The number of ether oxygens (including phenoxy) is 1. The summed E-state index contributed by atoms with van der Waals surface area (Å²) in [6.45, 7) is 10.2. The van der Waals surface area contributed by atoms with Crippen molar-refractivity contribution in [3.8, 4) is 0 Å². The number of hydrogen-bond acceptors (Lipinski definition) is 4. The minimum atomic E-state index is -0.341. The topological polar surface area (TPSA) is 55.4 Å². The van der Waals surface area contributed by atoms with Gasteiger partial charge in [0.2, 0.25) is 5.91 Å². The number of hydrogen-bond donors (Lipinski definition) is 1. The Hall–Kier alpha value is -2.40. The molecule has 1 aromatic heterocycles. The number of benzene rings is 1. The summed E-state index contributed by atoms with van der Waals surface area (Å²) in [5.41, 5.74) is 3.92. The number of nitrogens with one attached hydrogen (secondary N) is 1. The summed E-state index contributed by atoms with van der Waals surface area (Å²) in [6.07, 6.45) is 8.27. The number of carbonyl (C=O) groups excluding carboxylic acids is 2. The first-order valence-corrected chi connectivity index (χ1v) is 11.9. The number of amides is 1. The first kappa shape index (κ1) is 23.3. The van der Waals surface area contributed by atoms with E-state index >= 15 is 0 Å². The van der Waals surface area contributed by atoms with Gasteiger partial charge in [-0.3, -0.25) is 4.79 Å². The van der Waals surface area contributed by atoms with Gasteiger partial charge in [-0.15, -0.1) is 11.3 Å². The van der Waals surface area contributed by atoms with Crippen LogP contribution in [0.2, 0.25) is 0 Å². The molecule has 1 amide bonds. The predicted octanol–water partition coefficient (Wildman–Crippen LogP) is 6.53. The smallest absolute Gasteiger partial charge is 0.341 e. The Labute approximate surface area is 189 Å². The molecule has 0 spiro atoms. The van der Waals surface area contributed by atoms with Crippen molar-refractivity contribution in [1.29, 1.82) is 0 Å². The Morgan fingerprint density at radius 1 is 1.06 bits per heavy atom. The molecule has 0 aliphatic heterocycles. The van der Waals surface area contributed by atoms with Crippen LogP contribution in [0.5, 0.6) is 0 Å². The Kier molecular flexibility index (Phi) is 7.37. The van der Waals surface area contributed by atoms with Gasteiger partial charge in [0.05, 0.1) is 11.7 Å². The van der Waals surface area contributed by atoms with Crippen LogP contribution in [0.1, 0.15) is 85.8 Å². The lowest BCUT2D eigenvalue weighted by Gasteiger charge is -2.18. The normalized spacial score (nSPS) is 14.4. The fourth-order valence-corrected chi connectivity index (χ4v) is 5.02. The van der Waals surface area contributed by atoms with Gasteiger partial charge in [-0.2, -0.15) is 0 Å². The van der Waals surface area contributed by atoms with Crippen molar-refractivity contribution in [3.05, 3.63) is 57.5 Å². The molecule has 166 valence electrons. The van der Waals surface area contributed by atoms with Crippen LogP contribution in [0.25, 0.3) is 6.08 Å². The van der Waals surface area contributed by atoms with Crippen LogP contribution in [0.15, 0.2) is 30.3 Å². The van der Waals surface area contributed by atoms with Gasteiger partial charge in [-0.1, -0.05) is 51.5 Å². The zero-order valence-electron chi connectivity index (χ0n) is 19.2. The molecule has 5 heteroatoms.